The van der Waals surface area contributed by atoms with Crippen LogP contribution in [0, 0.1) is 0 Å². The minimum atomic E-state index is -0.0660. The van der Waals surface area contributed by atoms with E-state index in [9.17, 15) is 0 Å². The highest BCUT2D eigenvalue weighted by Gasteiger charge is 2.22. The predicted molar refractivity (Wildman–Crippen MR) is 97.5 cm³/mol. The summed E-state index contributed by atoms with van der Waals surface area (Å²) in [6, 6.07) is 14.3. The fraction of sp³-hybridized carbons (Fsp3) is 0.316. The van der Waals surface area contributed by atoms with Gasteiger partial charge in [0.25, 0.3) is 0 Å². The van der Waals surface area contributed by atoms with Gasteiger partial charge in [-0.05, 0) is 38.5 Å². The van der Waals surface area contributed by atoms with Crippen LogP contribution in [0.2, 0.25) is 5.02 Å². The Morgan fingerprint density at radius 3 is 2.43 bits per heavy atom. The summed E-state index contributed by atoms with van der Waals surface area (Å²) >= 11 is 6.19. The minimum Gasteiger partial charge on any atom is -0.365 e. The van der Waals surface area contributed by atoms with Gasteiger partial charge in [-0.3, -0.25) is 4.40 Å². The van der Waals surface area contributed by atoms with Gasteiger partial charge in [-0.2, -0.15) is 0 Å². The number of hydrogen-bond donors (Lipinski definition) is 1. The van der Waals surface area contributed by atoms with Gasteiger partial charge in [0.2, 0.25) is 0 Å². The third kappa shape index (κ3) is 3.35. The number of anilines is 1. The Bertz CT molecular complexity index is 816. The molecule has 3 nitrogen and oxygen atoms in total. The Morgan fingerprint density at radius 1 is 1.09 bits per heavy atom. The minimum absolute atomic E-state index is 0.0660. The molecule has 4 heteroatoms. The number of aromatic nitrogens is 2. The van der Waals surface area contributed by atoms with Crippen LogP contribution in [0.4, 0.5) is 5.82 Å². The second-order valence-electron chi connectivity index (χ2n) is 6.93. The van der Waals surface area contributed by atoms with Crippen molar-refractivity contribution in [3.8, 4) is 0 Å². The Balaban J connectivity index is 2.17. The maximum absolute atomic E-state index is 6.19. The number of benzene rings is 1. The molecule has 0 radical (unpaired) electrons. The average Bonchev–Trinajstić information content (AvgIpc) is 2.84. The molecule has 1 N–H and O–H groups in total. The summed E-state index contributed by atoms with van der Waals surface area (Å²) in [5.74, 6) is 1.20. The maximum atomic E-state index is 6.19. The molecule has 3 rings (SSSR count). The molecule has 0 aliphatic heterocycles. The maximum Gasteiger partial charge on any atom is 0.138 e. The van der Waals surface area contributed by atoms with Gasteiger partial charge in [0.1, 0.15) is 11.5 Å². The van der Waals surface area contributed by atoms with Gasteiger partial charge in [0.15, 0.2) is 0 Å². The SMILES string of the molecule is CC(c1ccccc1)c1nc2ccc(Cl)cn2c1NC(C)(C)C. The highest BCUT2D eigenvalue weighted by molar-refractivity contribution is 6.30. The van der Waals surface area contributed by atoms with Crippen molar-refractivity contribution in [3.63, 3.8) is 0 Å². The number of halogens is 1. The number of pyridine rings is 1. The summed E-state index contributed by atoms with van der Waals surface area (Å²) in [5, 5.41) is 4.29. The first-order valence-corrected chi connectivity index (χ1v) is 8.23. The molecular weight excluding hydrogens is 306 g/mol. The average molecular weight is 328 g/mol. The molecule has 0 saturated carbocycles. The van der Waals surface area contributed by atoms with Gasteiger partial charge < -0.3 is 5.32 Å². The largest absolute Gasteiger partial charge is 0.365 e. The van der Waals surface area contributed by atoms with Crippen LogP contribution in [0.15, 0.2) is 48.7 Å². The number of fused-ring (bicyclic) bond motifs is 1. The monoisotopic (exact) mass is 327 g/mol. The number of rotatable bonds is 3. The van der Waals surface area contributed by atoms with Crippen LogP contribution in [-0.4, -0.2) is 14.9 Å². The number of hydrogen-bond acceptors (Lipinski definition) is 2. The van der Waals surface area contributed by atoms with Crippen molar-refractivity contribution in [2.24, 2.45) is 0 Å². The summed E-state index contributed by atoms with van der Waals surface area (Å²) in [4.78, 5) is 4.86. The van der Waals surface area contributed by atoms with Crippen LogP contribution in [0.1, 0.15) is 44.9 Å². The first-order chi connectivity index (χ1) is 10.8. The van der Waals surface area contributed by atoms with Crippen molar-refractivity contribution in [1.82, 2.24) is 9.38 Å². The standard InChI is InChI=1S/C19H22ClN3/c1-13(14-8-6-5-7-9-14)17-18(22-19(2,3)4)23-12-15(20)10-11-16(23)21-17/h5-13,22H,1-4H3. The number of nitrogens with one attached hydrogen (secondary N) is 1. The van der Waals surface area contributed by atoms with E-state index in [-0.39, 0.29) is 11.5 Å². The highest BCUT2D eigenvalue weighted by Crippen LogP contribution is 2.32. The summed E-state index contributed by atoms with van der Waals surface area (Å²) in [6.07, 6.45) is 1.92. The van der Waals surface area contributed by atoms with Gasteiger partial charge in [0, 0.05) is 17.7 Å². The van der Waals surface area contributed by atoms with Crippen molar-refractivity contribution in [2.45, 2.75) is 39.2 Å². The van der Waals surface area contributed by atoms with Crippen LogP contribution >= 0.6 is 11.6 Å². The molecule has 0 spiro atoms. The Kier molecular flexibility index (Phi) is 4.07. The predicted octanol–water partition coefficient (Wildman–Crippen LogP) is 5.35. The van der Waals surface area contributed by atoms with E-state index < -0.39 is 0 Å². The Morgan fingerprint density at radius 2 is 1.78 bits per heavy atom. The summed E-state index contributed by atoms with van der Waals surface area (Å²) < 4.78 is 2.04. The zero-order valence-electron chi connectivity index (χ0n) is 14.0. The van der Waals surface area contributed by atoms with E-state index in [4.69, 9.17) is 16.6 Å². The normalized spacial score (nSPS) is 13.3. The summed E-state index contributed by atoms with van der Waals surface area (Å²) in [5.41, 5.74) is 3.12. The van der Waals surface area contributed by atoms with Gasteiger partial charge in [0.05, 0.1) is 10.7 Å². The van der Waals surface area contributed by atoms with E-state index in [1.165, 1.54) is 5.56 Å². The quantitative estimate of drug-likeness (QED) is 0.702. The zero-order valence-corrected chi connectivity index (χ0v) is 14.7. The third-order valence-electron chi connectivity index (χ3n) is 3.81. The van der Waals surface area contributed by atoms with Crippen LogP contribution in [0.5, 0.6) is 0 Å². The van der Waals surface area contributed by atoms with Crippen molar-refractivity contribution < 1.29 is 0 Å². The van der Waals surface area contributed by atoms with E-state index in [1.807, 2.05) is 28.8 Å². The lowest BCUT2D eigenvalue weighted by Crippen LogP contribution is -2.27. The van der Waals surface area contributed by atoms with E-state index in [2.05, 4.69) is 57.3 Å². The second-order valence-corrected chi connectivity index (χ2v) is 7.36. The molecule has 3 aromatic rings. The fourth-order valence-corrected chi connectivity index (χ4v) is 2.88. The van der Waals surface area contributed by atoms with Gasteiger partial charge in [-0.25, -0.2) is 4.98 Å². The lowest BCUT2D eigenvalue weighted by molar-refractivity contribution is 0.626. The first kappa shape index (κ1) is 15.9. The smallest absolute Gasteiger partial charge is 0.138 e. The van der Waals surface area contributed by atoms with Gasteiger partial charge in [-0.1, -0.05) is 48.9 Å². The molecule has 0 bridgehead atoms. The molecule has 0 saturated heterocycles. The van der Waals surface area contributed by atoms with Crippen molar-refractivity contribution in [2.75, 3.05) is 5.32 Å². The number of nitrogens with zero attached hydrogens (tertiary/aromatic N) is 2. The van der Waals surface area contributed by atoms with Crippen molar-refractivity contribution in [3.05, 3.63) is 64.9 Å². The summed E-state index contributed by atoms with van der Waals surface area (Å²) in [6.45, 7) is 8.63. The van der Waals surface area contributed by atoms with Crippen molar-refractivity contribution in [1.29, 1.82) is 0 Å². The van der Waals surface area contributed by atoms with Crippen LogP contribution in [-0.2, 0) is 0 Å². The van der Waals surface area contributed by atoms with Crippen LogP contribution < -0.4 is 5.32 Å². The molecule has 0 fully saturated rings. The first-order valence-electron chi connectivity index (χ1n) is 7.86. The Hall–Kier alpha value is -2.00. The molecule has 1 unspecified atom stereocenters. The molecular formula is C19H22ClN3. The van der Waals surface area contributed by atoms with Crippen LogP contribution in [0.25, 0.3) is 5.65 Å². The zero-order chi connectivity index (χ0) is 16.6. The van der Waals surface area contributed by atoms with E-state index in [1.54, 1.807) is 0 Å². The Labute approximate surface area is 142 Å². The fourth-order valence-electron chi connectivity index (χ4n) is 2.72. The van der Waals surface area contributed by atoms with Gasteiger partial charge >= 0.3 is 0 Å². The second kappa shape index (κ2) is 5.89. The lowest BCUT2D eigenvalue weighted by atomic mass is 9.97. The molecule has 2 heterocycles. The van der Waals surface area contributed by atoms with E-state index in [0.717, 1.165) is 17.2 Å². The molecule has 120 valence electrons. The molecule has 0 aliphatic carbocycles. The lowest BCUT2D eigenvalue weighted by Gasteiger charge is -2.24. The molecule has 23 heavy (non-hydrogen) atoms. The molecule has 1 atom stereocenters. The molecule has 0 aliphatic rings. The third-order valence-corrected chi connectivity index (χ3v) is 4.04. The van der Waals surface area contributed by atoms with Crippen LogP contribution in [0.3, 0.4) is 0 Å². The van der Waals surface area contributed by atoms with Gasteiger partial charge in [-0.15, -0.1) is 0 Å². The van der Waals surface area contributed by atoms with E-state index >= 15 is 0 Å². The summed E-state index contributed by atoms with van der Waals surface area (Å²) in [7, 11) is 0. The molecule has 1 aromatic carbocycles. The highest BCUT2D eigenvalue weighted by atomic mass is 35.5. The van der Waals surface area contributed by atoms with Crippen molar-refractivity contribution >= 4 is 23.1 Å². The molecule has 2 aromatic heterocycles. The number of imidazole rings is 1. The van der Waals surface area contributed by atoms with E-state index in [0.29, 0.717) is 5.02 Å². The molecule has 0 amide bonds. The topological polar surface area (TPSA) is 29.3 Å².